The summed E-state index contributed by atoms with van der Waals surface area (Å²) in [5, 5.41) is 14.1. The summed E-state index contributed by atoms with van der Waals surface area (Å²) in [4.78, 5) is 39.1. The molecule has 4 rings (SSSR count). The first-order valence-electron chi connectivity index (χ1n) is 13.1. The number of carbonyl (C=O) groups excluding carboxylic acids is 1. The number of aryl methyl sites for hydroxylation is 1. The van der Waals surface area contributed by atoms with Crippen molar-refractivity contribution in [3.8, 4) is 11.5 Å². The molecular formula is C27H33ClN5O7P. The van der Waals surface area contributed by atoms with Crippen molar-refractivity contribution in [3.05, 3.63) is 53.3 Å². The standard InChI is InChI=1S/C27H33ClN5O7P/c1-2-3-4-23-32-25-26(33(23)16-18-14-19(6-8-22(18)34)40-41(36,37)38)20-13-17(5-7-21(20)31-27(25)29)9-11-39-12-10-30-24(35)15-28/h5-8,13-14,34H,2-4,9-12,15-16H2,1H3,(H2,29,31)(H,30,35)(H2,36,37,38). The first-order chi connectivity index (χ1) is 19.6. The maximum absolute atomic E-state index is 11.4. The highest BCUT2D eigenvalue weighted by molar-refractivity contribution is 7.46. The molecule has 1 amide bonds. The fourth-order valence-corrected chi connectivity index (χ4v) is 4.99. The van der Waals surface area contributed by atoms with Crippen LogP contribution in [0, 0.1) is 0 Å². The number of phenols is 1. The van der Waals surface area contributed by atoms with Gasteiger partial charge in [0.15, 0.2) is 5.82 Å². The van der Waals surface area contributed by atoms with E-state index >= 15 is 0 Å². The van der Waals surface area contributed by atoms with Gasteiger partial charge < -0.3 is 30.0 Å². The summed E-state index contributed by atoms with van der Waals surface area (Å²) in [6, 6.07) is 9.87. The Kier molecular flexibility index (Phi) is 10.1. The summed E-state index contributed by atoms with van der Waals surface area (Å²) in [5.41, 5.74) is 9.69. The zero-order valence-electron chi connectivity index (χ0n) is 22.5. The maximum Gasteiger partial charge on any atom is 0.524 e. The van der Waals surface area contributed by atoms with Crippen molar-refractivity contribution >= 4 is 53.1 Å². The molecule has 4 aromatic rings. The Morgan fingerprint density at radius 2 is 1.95 bits per heavy atom. The number of rotatable bonds is 14. The van der Waals surface area contributed by atoms with Crippen LogP contribution < -0.4 is 15.6 Å². The molecule has 0 aliphatic rings. The Morgan fingerprint density at radius 1 is 1.15 bits per heavy atom. The molecule has 2 aromatic carbocycles. The zero-order valence-corrected chi connectivity index (χ0v) is 24.2. The van der Waals surface area contributed by atoms with Crippen molar-refractivity contribution in [2.24, 2.45) is 0 Å². The number of anilines is 1. The van der Waals surface area contributed by atoms with E-state index in [9.17, 15) is 24.3 Å². The lowest BCUT2D eigenvalue weighted by Gasteiger charge is -2.14. The number of phenolic OH excluding ortho intramolecular Hbond substituents is 1. The number of nitrogens with zero attached hydrogens (tertiary/aromatic N) is 3. The lowest BCUT2D eigenvalue weighted by molar-refractivity contribution is -0.118. The smallest absolute Gasteiger partial charge is 0.508 e. The Bertz CT molecular complexity index is 1590. The second-order valence-electron chi connectivity index (χ2n) is 9.48. The molecule has 14 heteroatoms. The number of nitrogens with one attached hydrogen (secondary N) is 1. The monoisotopic (exact) mass is 605 g/mol. The van der Waals surface area contributed by atoms with Crippen LogP contribution in [0.25, 0.3) is 21.9 Å². The van der Waals surface area contributed by atoms with E-state index in [0.29, 0.717) is 49.2 Å². The van der Waals surface area contributed by atoms with Crippen LogP contribution in [0.4, 0.5) is 5.82 Å². The molecule has 0 bridgehead atoms. The second-order valence-corrected chi connectivity index (χ2v) is 10.9. The van der Waals surface area contributed by atoms with E-state index in [4.69, 9.17) is 31.6 Å². The number of hydrogen-bond donors (Lipinski definition) is 5. The quantitative estimate of drug-likeness (QED) is 0.0808. The molecule has 6 N–H and O–H groups in total. The fraction of sp³-hybridized carbons (Fsp3) is 0.370. The highest BCUT2D eigenvalue weighted by Crippen LogP contribution is 2.39. The van der Waals surface area contributed by atoms with E-state index in [1.807, 2.05) is 22.8 Å². The van der Waals surface area contributed by atoms with Gasteiger partial charge in [0.1, 0.15) is 28.7 Å². The number of nitrogens with two attached hydrogens (primary N) is 1. The Morgan fingerprint density at radius 3 is 2.68 bits per heavy atom. The van der Waals surface area contributed by atoms with E-state index < -0.39 is 7.82 Å². The van der Waals surface area contributed by atoms with E-state index in [2.05, 4.69) is 17.2 Å². The number of unbranched alkanes of at least 4 members (excludes halogenated alkanes) is 1. The number of hydrogen-bond acceptors (Lipinski definition) is 8. The van der Waals surface area contributed by atoms with Gasteiger partial charge in [0.25, 0.3) is 0 Å². The van der Waals surface area contributed by atoms with Gasteiger partial charge >= 0.3 is 7.82 Å². The number of carbonyl (C=O) groups is 1. The average Bonchev–Trinajstić information content (AvgIpc) is 3.29. The van der Waals surface area contributed by atoms with Crippen LogP contribution in [-0.2, 0) is 33.5 Å². The molecule has 0 atom stereocenters. The lowest BCUT2D eigenvalue weighted by atomic mass is 10.1. The van der Waals surface area contributed by atoms with Gasteiger partial charge in [-0.15, -0.1) is 11.6 Å². The highest BCUT2D eigenvalue weighted by atomic mass is 35.5. The van der Waals surface area contributed by atoms with Crippen LogP contribution in [-0.4, -0.2) is 61.0 Å². The molecule has 41 heavy (non-hydrogen) atoms. The molecule has 0 aliphatic heterocycles. The number of amides is 1. The average molecular weight is 606 g/mol. The SMILES string of the molecule is CCCCc1nc2c(N)nc3ccc(CCOCCNC(=O)CCl)cc3c2n1Cc1cc(OP(=O)(O)O)ccc1O. The summed E-state index contributed by atoms with van der Waals surface area (Å²) >= 11 is 5.47. The predicted octanol–water partition coefficient (Wildman–Crippen LogP) is 3.65. The molecule has 12 nitrogen and oxygen atoms in total. The van der Waals surface area contributed by atoms with Crippen LogP contribution in [0.2, 0.25) is 0 Å². The molecular weight excluding hydrogens is 573 g/mol. The number of phosphoric ester groups is 1. The minimum Gasteiger partial charge on any atom is -0.508 e. The van der Waals surface area contributed by atoms with Crippen LogP contribution in [0.5, 0.6) is 11.5 Å². The van der Waals surface area contributed by atoms with Gasteiger partial charge in [-0.05, 0) is 48.7 Å². The van der Waals surface area contributed by atoms with Crippen molar-refractivity contribution in [1.82, 2.24) is 19.9 Å². The van der Waals surface area contributed by atoms with Crippen molar-refractivity contribution in [3.63, 3.8) is 0 Å². The summed E-state index contributed by atoms with van der Waals surface area (Å²) in [7, 11) is -4.78. The summed E-state index contributed by atoms with van der Waals surface area (Å²) in [6.45, 7) is 3.41. The minimum absolute atomic E-state index is 0.0576. The van der Waals surface area contributed by atoms with Crippen LogP contribution in [0.3, 0.4) is 0 Å². The normalized spacial score (nSPS) is 11.8. The van der Waals surface area contributed by atoms with Gasteiger partial charge in [0, 0.05) is 23.9 Å². The third-order valence-electron chi connectivity index (χ3n) is 6.43. The number of aromatic nitrogens is 3. The largest absolute Gasteiger partial charge is 0.524 e. The van der Waals surface area contributed by atoms with Gasteiger partial charge in [-0.1, -0.05) is 19.4 Å². The van der Waals surface area contributed by atoms with Crippen molar-refractivity contribution in [2.75, 3.05) is 31.4 Å². The Labute approximate surface area is 241 Å². The number of nitrogen functional groups attached to an aromatic ring is 1. The maximum atomic E-state index is 11.4. The number of fused-ring (bicyclic) bond motifs is 3. The second kappa shape index (κ2) is 13.5. The molecule has 0 fully saturated rings. The molecule has 0 aliphatic carbocycles. The fourth-order valence-electron chi connectivity index (χ4n) is 4.51. The van der Waals surface area contributed by atoms with Crippen LogP contribution in [0.1, 0.15) is 36.7 Å². The molecule has 2 heterocycles. The number of halogens is 1. The zero-order chi connectivity index (χ0) is 29.6. The van der Waals surface area contributed by atoms with Gasteiger partial charge in [0.05, 0.1) is 30.8 Å². The number of aromatic hydroxyl groups is 1. The molecule has 0 spiro atoms. The van der Waals surface area contributed by atoms with Crippen LogP contribution >= 0.6 is 19.4 Å². The van der Waals surface area contributed by atoms with Crippen molar-refractivity contribution in [1.29, 1.82) is 0 Å². The predicted molar refractivity (Wildman–Crippen MR) is 156 cm³/mol. The third kappa shape index (κ3) is 7.87. The van der Waals surface area contributed by atoms with Gasteiger partial charge in [-0.3, -0.25) is 14.6 Å². The lowest BCUT2D eigenvalue weighted by Crippen LogP contribution is -2.28. The Balaban J connectivity index is 1.70. The molecule has 0 saturated heterocycles. The number of benzene rings is 2. The number of pyridine rings is 1. The molecule has 0 saturated carbocycles. The van der Waals surface area contributed by atoms with E-state index in [-0.39, 0.29) is 35.6 Å². The van der Waals surface area contributed by atoms with Crippen molar-refractivity contribution < 1.29 is 33.5 Å². The number of alkyl halides is 1. The molecule has 2 aromatic heterocycles. The summed E-state index contributed by atoms with van der Waals surface area (Å²) < 4.78 is 23.7. The number of phosphoric acid groups is 1. The van der Waals surface area contributed by atoms with E-state index in [0.717, 1.165) is 35.1 Å². The first kappa shape index (κ1) is 30.5. The number of imidazole rings is 1. The molecule has 0 unspecified atom stereocenters. The van der Waals surface area contributed by atoms with Gasteiger partial charge in [-0.2, -0.15) is 0 Å². The first-order valence-corrected chi connectivity index (χ1v) is 15.2. The van der Waals surface area contributed by atoms with Gasteiger partial charge in [-0.25, -0.2) is 14.5 Å². The molecule has 0 radical (unpaired) electrons. The number of ether oxygens (including phenoxy) is 1. The Hall–Kier alpha value is -3.41. The summed E-state index contributed by atoms with van der Waals surface area (Å²) in [6.07, 6.45) is 3.08. The third-order valence-corrected chi connectivity index (χ3v) is 7.12. The topological polar surface area (TPSA) is 182 Å². The van der Waals surface area contributed by atoms with Gasteiger partial charge in [0.2, 0.25) is 5.91 Å². The summed E-state index contributed by atoms with van der Waals surface area (Å²) in [5.74, 6) is 0.564. The molecule has 220 valence electrons. The van der Waals surface area contributed by atoms with Crippen molar-refractivity contribution in [2.45, 2.75) is 39.2 Å². The highest BCUT2D eigenvalue weighted by Gasteiger charge is 2.21. The van der Waals surface area contributed by atoms with E-state index in [1.54, 1.807) is 0 Å². The van der Waals surface area contributed by atoms with Crippen LogP contribution in [0.15, 0.2) is 36.4 Å². The van der Waals surface area contributed by atoms with E-state index in [1.165, 1.54) is 18.2 Å². The minimum atomic E-state index is -4.78.